The van der Waals surface area contributed by atoms with Gasteiger partial charge in [0.05, 0.1) is 12.3 Å². The van der Waals surface area contributed by atoms with Gasteiger partial charge >= 0.3 is 5.97 Å². The van der Waals surface area contributed by atoms with Crippen molar-refractivity contribution in [1.82, 2.24) is 4.57 Å². The Morgan fingerprint density at radius 2 is 1.90 bits per heavy atom. The lowest BCUT2D eigenvalue weighted by atomic mass is 10.1. The number of hydrogen-bond donors (Lipinski definition) is 1. The van der Waals surface area contributed by atoms with Gasteiger partial charge in [-0.15, -0.1) is 0 Å². The number of carbonyl (C=O) groups is 1. The average molecular weight is 291 g/mol. The molecular weight excluding hydrogens is 277 g/mol. The predicted octanol–water partition coefficient (Wildman–Crippen LogP) is 2.00. The number of hydrogen-bond acceptors (Lipinski definition) is 3. The maximum atomic E-state index is 13.0. The highest BCUT2D eigenvalue weighted by Crippen LogP contribution is 2.19. The number of carboxylic acid groups (broad SMARTS) is 1. The second-order valence-electron chi connectivity index (χ2n) is 4.39. The molecule has 6 heteroatoms. The molecule has 1 N–H and O–H groups in total. The third-order valence-corrected chi connectivity index (χ3v) is 3.06. The highest BCUT2D eigenvalue weighted by Gasteiger charge is 2.14. The first-order valence-corrected chi connectivity index (χ1v) is 6.26. The fourth-order valence-electron chi connectivity index (χ4n) is 2.02. The average Bonchev–Trinajstić information content (AvgIpc) is 2.46. The lowest BCUT2D eigenvalue weighted by molar-refractivity contribution is 0.0694. The third-order valence-electron chi connectivity index (χ3n) is 3.06. The van der Waals surface area contributed by atoms with Gasteiger partial charge in [0.15, 0.2) is 0 Å². The highest BCUT2D eigenvalue weighted by molar-refractivity contribution is 5.87. The van der Waals surface area contributed by atoms with Crippen molar-refractivity contribution in [3.63, 3.8) is 0 Å². The topological polar surface area (TPSA) is 68.5 Å². The van der Waals surface area contributed by atoms with Crippen LogP contribution >= 0.6 is 0 Å². The van der Waals surface area contributed by atoms with E-state index in [1.165, 1.54) is 48.1 Å². The van der Waals surface area contributed by atoms with Gasteiger partial charge in [-0.1, -0.05) is 0 Å². The number of ether oxygens (including phenoxy) is 1. The smallest absolute Gasteiger partial charge is 0.341 e. The number of carboxylic acids is 1. The van der Waals surface area contributed by atoms with Crippen molar-refractivity contribution >= 4 is 5.97 Å². The molecule has 0 fully saturated rings. The molecule has 0 atom stereocenters. The first kappa shape index (κ1) is 14.9. The van der Waals surface area contributed by atoms with Crippen LogP contribution in [0.4, 0.5) is 4.39 Å². The third kappa shape index (κ3) is 3.17. The van der Waals surface area contributed by atoms with Gasteiger partial charge < -0.3 is 14.4 Å². The summed E-state index contributed by atoms with van der Waals surface area (Å²) >= 11 is 0. The Labute approximate surface area is 120 Å². The van der Waals surface area contributed by atoms with Crippen LogP contribution in [0.25, 0.3) is 11.3 Å². The second-order valence-corrected chi connectivity index (χ2v) is 4.39. The lowest BCUT2D eigenvalue weighted by Gasteiger charge is -2.13. The highest BCUT2D eigenvalue weighted by atomic mass is 19.1. The molecule has 0 aliphatic rings. The number of methoxy groups -OCH3 is 1. The Morgan fingerprint density at radius 1 is 1.24 bits per heavy atom. The Kier molecular flexibility index (Phi) is 4.49. The molecule has 1 heterocycles. The van der Waals surface area contributed by atoms with Crippen molar-refractivity contribution in [3.8, 4) is 11.3 Å². The minimum Gasteiger partial charge on any atom is -0.477 e. The molecule has 0 bridgehead atoms. The van der Waals surface area contributed by atoms with Gasteiger partial charge in [-0.25, -0.2) is 9.18 Å². The molecule has 2 rings (SSSR count). The van der Waals surface area contributed by atoms with E-state index in [1.807, 2.05) is 0 Å². The summed E-state index contributed by atoms with van der Waals surface area (Å²) < 4.78 is 19.3. The Hall–Kier alpha value is -2.47. The number of aromatic nitrogens is 1. The molecule has 0 unspecified atom stereocenters. The molecule has 110 valence electrons. The van der Waals surface area contributed by atoms with Crippen molar-refractivity contribution in [2.75, 3.05) is 13.7 Å². The monoisotopic (exact) mass is 291 g/mol. The summed E-state index contributed by atoms with van der Waals surface area (Å²) in [6.07, 6.45) is 0. The van der Waals surface area contributed by atoms with Crippen molar-refractivity contribution < 1.29 is 19.0 Å². The van der Waals surface area contributed by atoms with E-state index < -0.39 is 11.5 Å². The van der Waals surface area contributed by atoms with E-state index in [9.17, 15) is 14.0 Å². The molecule has 1 aromatic carbocycles. The summed E-state index contributed by atoms with van der Waals surface area (Å²) in [5, 5.41) is 9.02. The molecule has 0 saturated heterocycles. The van der Waals surface area contributed by atoms with E-state index in [2.05, 4.69) is 0 Å². The number of pyridine rings is 1. The van der Waals surface area contributed by atoms with Gasteiger partial charge in [0.25, 0.3) is 5.56 Å². The minimum atomic E-state index is -1.28. The fraction of sp³-hybridized carbons (Fsp3) is 0.200. The summed E-state index contributed by atoms with van der Waals surface area (Å²) in [6.45, 7) is 0.473. The Balaban J connectivity index is 2.59. The number of aromatic carboxylic acids is 1. The SMILES string of the molecule is COCCn1c(-c2ccc(F)cc2)ccc(C(=O)O)c1=O. The van der Waals surface area contributed by atoms with Crippen molar-refractivity contribution in [1.29, 1.82) is 0 Å². The van der Waals surface area contributed by atoms with Crippen LogP contribution in [0.15, 0.2) is 41.2 Å². The van der Waals surface area contributed by atoms with E-state index in [0.29, 0.717) is 11.3 Å². The van der Waals surface area contributed by atoms with Gasteiger partial charge in [0.2, 0.25) is 0 Å². The predicted molar refractivity (Wildman–Crippen MR) is 74.9 cm³/mol. The molecule has 21 heavy (non-hydrogen) atoms. The number of halogens is 1. The maximum Gasteiger partial charge on any atom is 0.341 e. The molecule has 5 nitrogen and oxygen atoms in total. The summed E-state index contributed by atoms with van der Waals surface area (Å²) in [4.78, 5) is 23.3. The molecule has 2 aromatic rings. The van der Waals surface area contributed by atoms with E-state index in [-0.39, 0.29) is 24.5 Å². The lowest BCUT2D eigenvalue weighted by Crippen LogP contribution is -2.28. The van der Waals surface area contributed by atoms with Crippen LogP contribution in [-0.4, -0.2) is 29.4 Å². The van der Waals surface area contributed by atoms with E-state index in [4.69, 9.17) is 9.84 Å². The zero-order valence-corrected chi connectivity index (χ0v) is 11.4. The first-order chi connectivity index (χ1) is 10.0. The van der Waals surface area contributed by atoms with Crippen molar-refractivity contribution in [2.24, 2.45) is 0 Å². The second kappa shape index (κ2) is 6.32. The van der Waals surface area contributed by atoms with E-state index in [0.717, 1.165) is 0 Å². The Bertz CT molecular complexity index is 707. The molecule has 1 aromatic heterocycles. The van der Waals surface area contributed by atoms with E-state index in [1.54, 1.807) is 0 Å². The molecule has 0 amide bonds. The summed E-state index contributed by atoms with van der Waals surface area (Å²) in [5.41, 5.74) is 0.224. The molecule has 0 radical (unpaired) electrons. The van der Waals surface area contributed by atoms with Crippen LogP contribution in [0, 0.1) is 5.82 Å². The zero-order chi connectivity index (χ0) is 15.4. The Morgan fingerprint density at radius 3 is 2.48 bits per heavy atom. The minimum absolute atomic E-state index is 0.211. The van der Waals surface area contributed by atoms with Crippen molar-refractivity contribution in [3.05, 3.63) is 58.1 Å². The largest absolute Gasteiger partial charge is 0.477 e. The quantitative estimate of drug-likeness (QED) is 0.915. The zero-order valence-electron chi connectivity index (χ0n) is 11.4. The van der Waals surface area contributed by atoms with Gasteiger partial charge in [0, 0.05) is 13.7 Å². The summed E-state index contributed by atoms with van der Waals surface area (Å²) in [5.74, 6) is -1.66. The standard InChI is InChI=1S/C15H14FNO4/c1-21-9-8-17-13(10-2-4-11(16)5-3-10)7-6-12(14(17)18)15(19)20/h2-7H,8-9H2,1H3,(H,19,20). The van der Waals surface area contributed by atoms with Crippen LogP contribution in [-0.2, 0) is 11.3 Å². The van der Waals surface area contributed by atoms with Gasteiger partial charge in [-0.2, -0.15) is 0 Å². The fourth-order valence-corrected chi connectivity index (χ4v) is 2.02. The van der Waals surface area contributed by atoms with Crippen LogP contribution < -0.4 is 5.56 Å². The molecule has 0 aliphatic carbocycles. The summed E-state index contributed by atoms with van der Waals surface area (Å²) in [6, 6.07) is 8.43. The summed E-state index contributed by atoms with van der Waals surface area (Å²) in [7, 11) is 1.49. The number of benzene rings is 1. The molecule has 0 saturated carbocycles. The molecule has 0 aliphatic heterocycles. The van der Waals surface area contributed by atoms with Gasteiger partial charge in [-0.3, -0.25) is 4.79 Å². The number of nitrogens with zero attached hydrogens (tertiary/aromatic N) is 1. The molecular formula is C15H14FNO4. The maximum absolute atomic E-state index is 13.0. The molecule has 0 spiro atoms. The van der Waals surface area contributed by atoms with Gasteiger partial charge in [0.1, 0.15) is 11.4 Å². The van der Waals surface area contributed by atoms with Gasteiger partial charge in [-0.05, 0) is 42.0 Å². The van der Waals surface area contributed by atoms with Crippen LogP contribution in [0.3, 0.4) is 0 Å². The van der Waals surface area contributed by atoms with Crippen molar-refractivity contribution in [2.45, 2.75) is 6.54 Å². The number of rotatable bonds is 5. The van der Waals surface area contributed by atoms with Crippen LogP contribution in [0.1, 0.15) is 10.4 Å². The van der Waals surface area contributed by atoms with E-state index >= 15 is 0 Å². The normalized spacial score (nSPS) is 10.6. The first-order valence-electron chi connectivity index (χ1n) is 6.26. The van der Waals surface area contributed by atoms with Crippen LogP contribution in [0.2, 0.25) is 0 Å². The van der Waals surface area contributed by atoms with Crippen LogP contribution in [0.5, 0.6) is 0 Å².